The van der Waals surface area contributed by atoms with E-state index in [1.54, 1.807) is 20.8 Å². The van der Waals surface area contributed by atoms with Crippen molar-refractivity contribution in [3.63, 3.8) is 0 Å². The van der Waals surface area contributed by atoms with Gasteiger partial charge in [0.2, 0.25) is 0 Å². The van der Waals surface area contributed by atoms with Crippen molar-refractivity contribution in [1.82, 2.24) is 19.7 Å². The summed E-state index contributed by atoms with van der Waals surface area (Å²) in [7, 11) is 0. The first-order valence-corrected chi connectivity index (χ1v) is 10.9. The standard InChI is InChI=1S/C18H18F4N4O2.C3H8.C2H6/c1-8(2)15(10-4-5-11(12(19)6-10)18(20,21)22)26-16-14(13(7-27)25-26)17(28)24-9(3)23-16;1-3-2;1-2/h4-6,8,15,27H,7H2,1-3H3,(H,23,24,28);3H2,1-2H3;1-2H3. The molecular formula is C23H32F4N4O2. The fourth-order valence-electron chi connectivity index (χ4n) is 3.28. The highest BCUT2D eigenvalue weighted by Gasteiger charge is 2.35. The summed E-state index contributed by atoms with van der Waals surface area (Å²) in [6.07, 6.45) is -3.55. The van der Waals surface area contributed by atoms with Crippen LogP contribution in [0.4, 0.5) is 17.6 Å². The lowest BCUT2D eigenvalue weighted by atomic mass is 9.95. The number of H-pyrrole nitrogens is 1. The molecule has 0 saturated carbocycles. The first-order chi connectivity index (χ1) is 15.5. The summed E-state index contributed by atoms with van der Waals surface area (Å²) in [6.45, 7) is 12.9. The quantitative estimate of drug-likeness (QED) is 0.473. The zero-order valence-corrected chi connectivity index (χ0v) is 20.0. The van der Waals surface area contributed by atoms with Gasteiger partial charge in [0.25, 0.3) is 5.56 Å². The number of benzene rings is 1. The minimum Gasteiger partial charge on any atom is -0.390 e. The van der Waals surface area contributed by atoms with Crippen LogP contribution in [0.5, 0.6) is 0 Å². The molecule has 2 N–H and O–H groups in total. The van der Waals surface area contributed by atoms with Crippen molar-refractivity contribution in [2.45, 2.75) is 73.7 Å². The Balaban J connectivity index is 0.00000101. The number of aliphatic hydroxyl groups excluding tert-OH is 1. The van der Waals surface area contributed by atoms with Gasteiger partial charge in [-0.1, -0.05) is 54.0 Å². The van der Waals surface area contributed by atoms with E-state index in [9.17, 15) is 27.5 Å². The van der Waals surface area contributed by atoms with Gasteiger partial charge in [-0.3, -0.25) is 4.79 Å². The van der Waals surface area contributed by atoms with Crippen LogP contribution in [0.2, 0.25) is 0 Å². The molecule has 0 radical (unpaired) electrons. The van der Waals surface area contributed by atoms with E-state index >= 15 is 0 Å². The highest BCUT2D eigenvalue weighted by atomic mass is 19.4. The number of rotatable bonds is 4. The topological polar surface area (TPSA) is 83.8 Å². The third-order valence-electron chi connectivity index (χ3n) is 4.44. The molecule has 0 bridgehead atoms. The molecule has 0 amide bonds. The van der Waals surface area contributed by atoms with E-state index in [1.165, 1.54) is 17.2 Å². The number of hydrogen-bond donors (Lipinski definition) is 2. The van der Waals surface area contributed by atoms with E-state index in [1.807, 2.05) is 13.8 Å². The molecule has 0 fully saturated rings. The summed E-state index contributed by atoms with van der Waals surface area (Å²) >= 11 is 0. The van der Waals surface area contributed by atoms with Gasteiger partial charge in [0.15, 0.2) is 5.65 Å². The van der Waals surface area contributed by atoms with Crippen LogP contribution in [-0.2, 0) is 12.8 Å². The Labute approximate surface area is 190 Å². The summed E-state index contributed by atoms with van der Waals surface area (Å²) in [4.78, 5) is 19.1. The van der Waals surface area contributed by atoms with Crippen LogP contribution in [-0.4, -0.2) is 24.9 Å². The highest BCUT2D eigenvalue weighted by Crippen LogP contribution is 2.35. The third-order valence-corrected chi connectivity index (χ3v) is 4.44. The van der Waals surface area contributed by atoms with Crippen LogP contribution < -0.4 is 5.56 Å². The Kier molecular flexibility index (Phi) is 10.2. The van der Waals surface area contributed by atoms with Crippen LogP contribution in [0.25, 0.3) is 11.0 Å². The number of hydrogen-bond acceptors (Lipinski definition) is 4. The van der Waals surface area contributed by atoms with E-state index in [0.717, 1.165) is 6.07 Å². The lowest BCUT2D eigenvalue weighted by molar-refractivity contribution is -0.140. The summed E-state index contributed by atoms with van der Waals surface area (Å²) < 4.78 is 54.1. The van der Waals surface area contributed by atoms with Crippen molar-refractivity contribution in [2.24, 2.45) is 5.92 Å². The van der Waals surface area contributed by atoms with E-state index in [2.05, 4.69) is 28.9 Å². The van der Waals surface area contributed by atoms with Gasteiger partial charge in [0, 0.05) is 0 Å². The van der Waals surface area contributed by atoms with Crippen molar-refractivity contribution in [3.05, 3.63) is 57.0 Å². The second-order valence-electron chi connectivity index (χ2n) is 7.53. The van der Waals surface area contributed by atoms with Gasteiger partial charge in [-0.15, -0.1) is 0 Å². The van der Waals surface area contributed by atoms with Crippen molar-refractivity contribution in [2.75, 3.05) is 0 Å². The van der Waals surface area contributed by atoms with Crippen molar-refractivity contribution >= 4 is 11.0 Å². The number of nitrogens with zero attached hydrogens (tertiary/aromatic N) is 3. The maximum absolute atomic E-state index is 14.1. The van der Waals surface area contributed by atoms with Crippen molar-refractivity contribution < 1.29 is 22.7 Å². The van der Waals surface area contributed by atoms with Crippen molar-refractivity contribution in [1.29, 1.82) is 0 Å². The number of aromatic amines is 1. The third kappa shape index (κ3) is 6.40. The molecule has 6 nitrogen and oxygen atoms in total. The molecule has 0 aliphatic heterocycles. The largest absolute Gasteiger partial charge is 0.419 e. The number of aliphatic hydroxyl groups is 1. The minimum atomic E-state index is -4.80. The maximum Gasteiger partial charge on any atom is 0.419 e. The number of fused-ring (bicyclic) bond motifs is 1. The molecule has 0 aliphatic rings. The van der Waals surface area contributed by atoms with Crippen LogP contribution in [0.15, 0.2) is 23.0 Å². The van der Waals surface area contributed by atoms with E-state index < -0.39 is 35.8 Å². The van der Waals surface area contributed by atoms with Gasteiger partial charge >= 0.3 is 6.18 Å². The summed E-state index contributed by atoms with van der Waals surface area (Å²) in [6, 6.07) is 1.99. The molecule has 1 aromatic carbocycles. The van der Waals surface area contributed by atoms with Gasteiger partial charge in [0.1, 0.15) is 22.7 Å². The Morgan fingerprint density at radius 2 is 1.76 bits per heavy atom. The van der Waals surface area contributed by atoms with E-state index in [-0.39, 0.29) is 28.2 Å². The number of alkyl halides is 3. The fourth-order valence-corrected chi connectivity index (χ4v) is 3.28. The average molecular weight is 473 g/mol. The van der Waals surface area contributed by atoms with E-state index in [4.69, 9.17) is 0 Å². The normalized spacial score (nSPS) is 12.2. The number of aryl methyl sites for hydroxylation is 1. The summed E-state index contributed by atoms with van der Waals surface area (Å²) in [5, 5.41) is 13.9. The molecule has 1 atom stereocenters. The Bertz CT molecular complexity index is 1100. The lowest BCUT2D eigenvalue weighted by Gasteiger charge is -2.23. The summed E-state index contributed by atoms with van der Waals surface area (Å²) in [5.74, 6) is -1.31. The van der Waals surface area contributed by atoms with Gasteiger partial charge in [0.05, 0.1) is 18.2 Å². The molecule has 3 rings (SSSR count). The first kappa shape index (κ1) is 28.3. The predicted octanol–water partition coefficient (Wildman–Crippen LogP) is 5.77. The van der Waals surface area contributed by atoms with Crippen molar-refractivity contribution in [3.8, 4) is 0 Å². The Morgan fingerprint density at radius 3 is 2.21 bits per heavy atom. The predicted molar refractivity (Wildman–Crippen MR) is 121 cm³/mol. The number of aromatic nitrogens is 4. The second kappa shape index (κ2) is 11.9. The highest BCUT2D eigenvalue weighted by molar-refractivity contribution is 5.77. The SMILES string of the molecule is CC.CCC.Cc1nc2c(c(CO)nn2C(c2ccc(C(F)(F)F)c(F)c2)C(C)C)c(=O)[nH]1. The van der Waals surface area contributed by atoms with Gasteiger partial charge in [-0.25, -0.2) is 14.1 Å². The molecule has 184 valence electrons. The van der Waals surface area contributed by atoms with Crippen LogP contribution in [0.1, 0.15) is 76.7 Å². The monoisotopic (exact) mass is 472 g/mol. The Morgan fingerprint density at radius 1 is 1.18 bits per heavy atom. The van der Waals surface area contributed by atoms with Crippen LogP contribution in [0.3, 0.4) is 0 Å². The fraction of sp³-hybridized carbons (Fsp3) is 0.522. The van der Waals surface area contributed by atoms with Gasteiger partial charge < -0.3 is 10.1 Å². The molecular weight excluding hydrogens is 440 g/mol. The Hall–Kier alpha value is -2.75. The second-order valence-corrected chi connectivity index (χ2v) is 7.53. The summed E-state index contributed by atoms with van der Waals surface area (Å²) in [5.41, 5.74) is -1.34. The lowest BCUT2D eigenvalue weighted by Crippen LogP contribution is -2.20. The molecule has 10 heteroatoms. The molecule has 0 aliphatic carbocycles. The molecule has 3 aromatic rings. The molecule has 0 saturated heterocycles. The first-order valence-electron chi connectivity index (χ1n) is 10.9. The average Bonchev–Trinajstić information content (AvgIpc) is 3.07. The zero-order chi connectivity index (χ0) is 25.5. The van der Waals surface area contributed by atoms with E-state index in [0.29, 0.717) is 11.9 Å². The van der Waals surface area contributed by atoms with Gasteiger partial charge in [-0.05, 0) is 30.5 Å². The molecule has 0 spiro atoms. The molecule has 1 unspecified atom stereocenters. The maximum atomic E-state index is 14.1. The molecule has 33 heavy (non-hydrogen) atoms. The smallest absolute Gasteiger partial charge is 0.390 e. The molecule has 2 aromatic heterocycles. The minimum absolute atomic E-state index is 0.0850. The van der Waals surface area contributed by atoms with Crippen LogP contribution in [0, 0.1) is 18.7 Å². The van der Waals surface area contributed by atoms with Crippen LogP contribution >= 0.6 is 0 Å². The zero-order valence-electron chi connectivity index (χ0n) is 20.0. The molecule has 2 heterocycles. The number of nitrogens with one attached hydrogen (secondary N) is 1. The van der Waals surface area contributed by atoms with Gasteiger partial charge in [-0.2, -0.15) is 18.3 Å². The number of halogens is 4.